The van der Waals surface area contributed by atoms with Gasteiger partial charge in [-0.15, -0.1) is 0 Å². The second-order valence-electron chi connectivity index (χ2n) is 0. The van der Waals surface area contributed by atoms with Crippen molar-refractivity contribution in [2.24, 2.45) is 0 Å². The van der Waals surface area contributed by atoms with Crippen LogP contribution in [0.3, 0.4) is 0 Å². The van der Waals surface area contributed by atoms with Gasteiger partial charge in [-0.1, -0.05) is 7.43 Å². The predicted octanol–water partition coefficient (Wildman–Crippen LogP) is 0.626. The normalized spacial score (nSPS) is 0. The third kappa shape index (κ3) is 22.2. The monoisotopic (exact) mass is 363 g/mol. The molecule has 0 rings (SSSR count). The first-order valence-electron chi connectivity index (χ1n) is 0. The van der Waals surface area contributed by atoms with E-state index in [9.17, 15) is 0 Å². The summed E-state index contributed by atoms with van der Waals surface area (Å²) >= 11 is 0. The Hall–Kier alpha value is 2.26. The van der Waals surface area contributed by atoms with Crippen LogP contribution in [0.2, 0.25) is 0 Å². The van der Waals surface area contributed by atoms with Gasteiger partial charge in [-0.2, -0.15) is 0 Å². The minimum absolute atomic E-state index is 0. The molecule has 0 unspecified atom stereocenters. The van der Waals surface area contributed by atoms with Gasteiger partial charge in [-0.05, 0) is 0 Å². The Labute approximate surface area is 79.2 Å². The minimum atomic E-state index is 0. The molecule has 1 radical (unpaired) electrons. The summed E-state index contributed by atoms with van der Waals surface area (Å²) in [7, 11) is 0. The fourth-order valence-corrected chi connectivity index (χ4v) is 0. The standard InChI is InChI=1S/CH4.Cr.Fe.Mn.W/h1H4;;;;. The van der Waals surface area contributed by atoms with E-state index in [1.807, 2.05) is 0 Å². The van der Waals surface area contributed by atoms with E-state index in [-0.39, 0.29) is 80.0 Å². The molecule has 5 heavy (non-hydrogen) atoms. The van der Waals surface area contributed by atoms with Crippen molar-refractivity contribution < 1.29 is 72.6 Å². The van der Waals surface area contributed by atoms with Crippen molar-refractivity contribution in [2.75, 3.05) is 0 Å². The molecule has 0 heterocycles. The van der Waals surface area contributed by atoms with Gasteiger partial charge < -0.3 is 0 Å². The first-order chi connectivity index (χ1) is 0. The van der Waals surface area contributed by atoms with Crippen molar-refractivity contribution in [1.29, 1.82) is 0 Å². The van der Waals surface area contributed by atoms with E-state index in [2.05, 4.69) is 0 Å². The van der Waals surface area contributed by atoms with Gasteiger partial charge in [0, 0.05) is 72.6 Å². The molecular formula is CH4CrFeMnW. The van der Waals surface area contributed by atoms with Crippen molar-refractivity contribution in [2.45, 2.75) is 7.43 Å². The molecule has 0 aromatic carbocycles. The average Bonchev–Trinajstić information content (AvgIpc) is 0. The molecule has 0 bridgehead atoms. The number of hydrogen-bond acceptors (Lipinski definition) is 0. The summed E-state index contributed by atoms with van der Waals surface area (Å²) in [5.41, 5.74) is 0. The van der Waals surface area contributed by atoms with Crippen molar-refractivity contribution in [3.8, 4) is 0 Å². The van der Waals surface area contributed by atoms with Crippen LogP contribution in [-0.2, 0) is 72.6 Å². The second-order valence-corrected chi connectivity index (χ2v) is 0. The topological polar surface area (TPSA) is 0 Å². The molecule has 0 aliphatic heterocycles. The third-order valence-electron chi connectivity index (χ3n) is 0. The molecule has 0 nitrogen and oxygen atoms in total. The molecule has 0 aliphatic rings. The zero-order chi connectivity index (χ0) is 0. The molecule has 0 spiro atoms. The molecule has 4 heteroatoms. The van der Waals surface area contributed by atoms with Crippen molar-refractivity contribution in [1.82, 2.24) is 0 Å². The van der Waals surface area contributed by atoms with Gasteiger partial charge in [0.1, 0.15) is 0 Å². The maximum Gasteiger partial charge on any atom is 0 e. The zero-order valence-corrected chi connectivity index (χ0v) is 8.04. The van der Waals surface area contributed by atoms with Crippen LogP contribution in [0.25, 0.3) is 0 Å². The van der Waals surface area contributed by atoms with Gasteiger partial charge in [-0.25, -0.2) is 0 Å². The molecule has 0 aromatic rings. The molecule has 0 saturated carbocycles. The Kier molecular flexibility index (Phi) is 378. The van der Waals surface area contributed by atoms with E-state index in [4.69, 9.17) is 0 Å². The van der Waals surface area contributed by atoms with Crippen LogP contribution in [0.4, 0.5) is 0 Å². The Morgan fingerprint density at radius 3 is 1.00 bits per heavy atom. The fourth-order valence-electron chi connectivity index (χ4n) is 0. The van der Waals surface area contributed by atoms with Crippen LogP contribution in [0, 0.1) is 0 Å². The van der Waals surface area contributed by atoms with E-state index >= 15 is 0 Å². The van der Waals surface area contributed by atoms with Crippen LogP contribution in [0.15, 0.2) is 0 Å². The third-order valence-corrected chi connectivity index (χ3v) is 0. The van der Waals surface area contributed by atoms with Gasteiger partial charge in [0.2, 0.25) is 0 Å². The molecule has 35 valence electrons. The molecule has 0 aliphatic carbocycles. The Morgan fingerprint density at radius 2 is 1.00 bits per heavy atom. The largest absolute Gasteiger partial charge is 0.0776 e. The Bertz CT molecular complexity index is 11.6. The van der Waals surface area contributed by atoms with E-state index in [0.29, 0.717) is 0 Å². The molecule has 0 saturated heterocycles. The van der Waals surface area contributed by atoms with E-state index in [0.717, 1.165) is 0 Å². The zero-order valence-electron chi connectivity index (χ0n) is 1.55. The molecule has 0 N–H and O–H groups in total. The van der Waals surface area contributed by atoms with E-state index in [1.54, 1.807) is 0 Å². The van der Waals surface area contributed by atoms with Gasteiger partial charge in [0.05, 0.1) is 0 Å². The van der Waals surface area contributed by atoms with Crippen molar-refractivity contribution >= 4 is 0 Å². The molecule has 0 aromatic heterocycles. The summed E-state index contributed by atoms with van der Waals surface area (Å²) in [6, 6.07) is 0. The SMILES string of the molecule is C.[Cr].[Fe].[Mn].[W]. The number of hydrogen-bond donors (Lipinski definition) is 0. The average molecular weight is 363 g/mol. The maximum atomic E-state index is 0. The van der Waals surface area contributed by atoms with Crippen LogP contribution in [-0.4, -0.2) is 0 Å². The molecular weight excluding hydrogens is 359 g/mol. The number of rotatable bonds is 0. The second kappa shape index (κ2) is 33.9. The van der Waals surface area contributed by atoms with Crippen LogP contribution in [0.5, 0.6) is 0 Å². The van der Waals surface area contributed by atoms with Gasteiger partial charge in [0.25, 0.3) is 0 Å². The summed E-state index contributed by atoms with van der Waals surface area (Å²) in [5, 5.41) is 0. The van der Waals surface area contributed by atoms with Gasteiger partial charge in [-0.3, -0.25) is 0 Å². The van der Waals surface area contributed by atoms with Gasteiger partial charge >= 0.3 is 0 Å². The van der Waals surface area contributed by atoms with Crippen LogP contribution >= 0.6 is 0 Å². The molecule has 0 fully saturated rings. The quantitative estimate of drug-likeness (QED) is 0.555. The first kappa shape index (κ1) is 55.7. The minimum Gasteiger partial charge on any atom is -0.0776 e. The van der Waals surface area contributed by atoms with Crippen LogP contribution < -0.4 is 0 Å². The summed E-state index contributed by atoms with van der Waals surface area (Å²) < 4.78 is 0. The van der Waals surface area contributed by atoms with E-state index in [1.165, 1.54) is 0 Å². The van der Waals surface area contributed by atoms with Crippen LogP contribution in [0.1, 0.15) is 7.43 Å². The molecule has 0 amide bonds. The fraction of sp³-hybridized carbons (Fsp3) is 1.00. The predicted molar refractivity (Wildman–Crippen MR) is 6.73 cm³/mol. The summed E-state index contributed by atoms with van der Waals surface area (Å²) in [6.07, 6.45) is 0. The molecule has 0 atom stereocenters. The first-order valence-corrected chi connectivity index (χ1v) is 0. The summed E-state index contributed by atoms with van der Waals surface area (Å²) in [6.45, 7) is 0. The Balaban J connectivity index is 0. The maximum absolute atomic E-state index is 0. The smallest absolute Gasteiger partial charge is 0 e. The summed E-state index contributed by atoms with van der Waals surface area (Å²) in [4.78, 5) is 0. The van der Waals surface area contributed by atoms with E-state index < -0.39 is 0 Å². The van der Waals surface area contributed by atoms with Crippen molar-refractivity contribution in [3.63, 3.8) is 0 Å². The Morgan fingerprint density at radius 1 is 1.00 bits per heavy atom. The summed E-state index contributed by atoms with van der Waals surface area (Å²) in [5.74, 6) is 0. The van der Waals surface area contributed by atoms with Gasteiger partial charge in [0.15, 0.2) is 0 Å². The van der Waals surface area contributed by atoms with Crippen molar-refractivity contribution in [3.05, 3.63) is 0 Å².